The number of rotatable bonds is 6. The molecule has 1 aromatic carbocycles. The van der Waals surface area contributed by atoms with E-state index >= 15 is 0 Å². The van der Waals surface area contributed by atoms with Crippen molar-refractivity contribution in [2.75, 3.05) is 6.61 Å². The van der Waals surface area contributed by atoms with Crippen LogP contribution in [0.2, 0.25) is 0 Å². The molecular formula is C16H16N2O5. The van der Waals surface area contributed by atoms with Crippen LogP contribution < -0.4 is 5.32 Å². The van der Waals surface area contributed by atoms with Crippen LogP contribution in [0.25, 0.3) is 10.9 Å². The van der Waals surface area contributed by atoms with Crippen LogP contribution in [0.3, 0.4) is 0 Å². The largest absolute Gasteiger partial charge is 0.480 e. The lowest BCUT2D eigenvalue weighted by molar-refractivity contribution is -0.148. The molecular weight excluding hydrogens is 300 g/mol. The predicted molar refractivity (Wildman–Crippen MR) is 81.6 cm³/mol. The Morgan fingerprint density at radius 1 is 1.22 bits per heavy atom. The Labute approximate surface area is 132 Å². The number of ether oxygens (including phenoxy) is 1. The van der Waals surface area contributed by atoms with E-state index in [0.29, 0.717) is 5.69 Å². The van der Waals surface area contributed by atoms with E-state index in [9.17, 15) is 19.5 Å². The maximum Gasteiger partial charge on any atom is 0.326 e. The molecule has 0 unspecified atom stereocenters. The fourth-order valence-electron chi connectivity index (χ4n) is 2.03. The Morgan fingerprint density at radius 2 is 1.96 bits per heavy atom. The van der Waals surface area contributed by atoms with Gasteiger partial charge < -0.3 is 15.2 Å². The van der Waals surface area contributed by atoms with Gasteiger partial charge in [0.2, 0.25) is 0 Å². The van der Waals surface area contributed by atoms with Crippen molar-refractivity contribution in [2.24, 2.45) is 0 Å². The van der Waals surface area contributed by atoms with Crippen molar-refractivity contribution in [1.29, 1.82) is 0 Å². The lowest BCUT2D eigenvalue weighted by atomic mass is 10.1. The summed E-state index contributed by atoms with van der Waals surface area (Å²) in [6.45, 7) is 0.658. The number of amides is 1. The van der Waals surface area contributed by atoms with E-state index in [4.69, 9.17) is 0 Å². The summed E-state index contributed by atoms with van der Waals surface area (Å²) in [5.74, 6) is -2.47. The third-order valence-corrected chi connectivity index (χ3v) is 3.11. The van der Waals surface area contributed by atoms with Crippen LogP contribution in [0.4, 0.5) is 0 Å². The van der Waals surface area contributed by atoms with Crippen LogP contribution in [-0.4, -0.2) is 40.6 Å². The van der Waals surface area contributed by atoms with Crippen LogP contribution in [-0.2, 0) is 25.5 Å². The molecule has 7 nitrogen and oxygen atoms in total. The number of nitrogens with one attached hydrogen (secondary N) is 1. The van der Waals surface area contributed by atoms with Crippen molar-refractivity contribution in [3.05, 3.63) is 42.1 Å². The number of benzene rings is 1. The average Bonchev–Trinajstić information content (AvgIpc) is 2.52. The molecule has 7 heteroatoms. The monoisotopic (exact) mass is 316 g/mol. The van der Waals surface area contributed by atoms with Crippen molar-refractivity contribution in [1.82, 2.24) is 10.3 Å². The number of fused-ring (bicyclic) bond motifs is 1. The van der Waals surface area contributed by atoms with Gasteiger partial charge >= 0.3 is 11.9 Å². The molecule has 0 radical (unpaired) electrons. The highest BCUT2D eigenvalue weighted by Crippen LogP contribution is 2.12. The fourth-order valence-corrected chi connectivity index (χ4v) is 2.03. The number of para-hydroxylation sites is 1. The van der Waals surface area contributed by atoms with Crippen LogP contribution in [0.1, 0.15) is 12.6 Å². The van der Waals surface area contributed by atoms with Gasteiger partial charge in [0, 0.05) is 24.4 Å². The second-order valence-electron chi connectivity index (χ2n) is 4.94. The quantitative estimate of drug-likeness (QED) is 0.767. The maximum atomic E-state index is 11.6. The van der Waals surface area contributed by atoms with E-state index < -0.39 is 30.5 Å². The summed E-state index contributed by atoms with van der Waals surface area (Å²) in [4.78, 5) is 37.9. The SMILES string of the molecule is CC(=O)OCC(=O)N[C@@H](Cc1ccc2ccccc2n1)C(=O)O. The number of hydrogen-bond acceptors (Lipinski definition) is 5. The number of aromatic nitrogens is 1. The van der Waals surface area contributed by atoms with Gasteiger partial charge in [-0.05, 0) is 12.1 Å². The molecule has 1 atom stereocenters. The molecule has 1 heterocycles. The number of pyridine rings is 1. The zero-order chi connectivity index (χ0) is 16.8. The molecule has 1 aromatic heterocycles. The first-order chi connectivity index (χ1) is 11.0. The zero-order valence-corrected chi connectivity index (χ0v) is 12.5. The molecule has 0 aliphatic carbocycles. The van der Waals surface area contributed by atoms with Gasteiger partial charge in [-0.2, -0.15) is 0 Å². The Bertz CT molecular complexity index is 744. The van der Waals surface area contributed by atoms with E-state index in [2.05, 4.69) is 15.0 Å². The van der Waals surface area contributed by atoms with E-state index in [1.807, 2.05) is 30.3 Å². The van der Waals surface area contributed by atoms with Crippen molar-refractivity contribution < 1.29 is 24.2 Å². The summed E-state index contributed by atoms with van der Waals surface area (Å²) in [7, 11) is 0. The molecule has 0 saturated carbocycles. The standard InChI is InChI=1S/C16H16N2O5/c1-10(19)23-9-15(20)18-14(16(21)22)8-12-7-6-11-4-2-3-5-13(11)17-12/h2-7,14H,8-9H2,1H3,(H,18,20)(H,21,22)/t14-/m0/s1. The third kappa shape index (κ3) is 4.77. The Balaban J connectivity index is 2.07. The fraction of sp³-hybridized carbons (Fsp3) is 0.250. The Kier molecular flexibility index (Phi) is 5.24. The van der Waals surface area contributed by atoms with Crippen molar-refractivity contribution >= 4 is 28.7 Å². The number of nitrogens with zero attached hydrogens (tertiary/aromatic N) is 1. The highest BCUT2D eigenvalue weighted by molar-refractivity contribution is 5.85. The molecule has 2 aromatic rings. The molecule has 0 spiro atoms. The molecule has 0 fully saturated rings. The smallest absolute Gasteiger partial charge is 0.326 e. The van der Waals surface area contributed by atoms with Gasteiger partial charge in [-0.15, -0.1) is 0 Å². The Hall–Kier alpha value is -2.96. The highest BCUT2D eigenvalue weighted by Gasteiger charge is 2.21. The first-order valence-corrected chi connectivity index (χ1v) is 6.96. The summed E-state index contributed by atoms with van der Waals surface area (Å²) in [6.07, 6.45) is 0.0337. The van der Waals surface area contributed by atoms with Gasteiger partial charge in [-0.25, -0.2) is 4.79 Å². The molecule has 1 amide bonds. The number of carbonyl (C=O) groups excluding carboxylic acids is 2. The van der Waals surface area contributed by atoms with Crippen LogP contribution in [0.15, 0.2) is 36.4 Å². The van der Waals surface area contributed by atoms with E-state index in [1.165, 1.54) is 6.92 Å². The summed E-state index contributed by atoms with van der Waals surface area (Å²) < 4.78 is 4.53. The average molecular weight is 316 g/mol. The van der Waals surface area contributed by atoms with Crippen molar-refractivity contribution in [3.8, 4) is 0 Å². The number of carboxylic acid groups (broad SMARTS) is 1. The second-order valence-corrected chi connectivity index (χ2v) is 4.94. The van der Waals surface area contributed by atoms with Gasteiger partial charge in [0.05, 0.1) is 5.52 Å². The van der Waals surface area contributed by atoms with E-state index in [1.54, 1.807) is 6.07 Å². The molecule has 2 rings (SSSR count). The topological polar surface area (TPSA) is 106 Å². The summed E-state index contributed by atoms with van der Waals surface area (Å²) in [6, 6.07) is 9.88. The molecule has 2 N–H and O–H groups in total. The third-order valence-electron chi connectivity index (χ3n) is 3.11. The number of aliphatic carboxylic acids is 1. The molecule has 0 bridgehead atoms. The Morgan fingerprint density at radius 3 is 2.65 bits per heavy atom. The van der Waals surface area contributed by atoms with Crippen LogP contribution >= 0.6 is 0 Å². The van der Waals surface area contributed by atoms with Crippen LogP contribution in [0.5, 0.6) is 0 Å². The first-order valence-electron chi connectivity index (χ1n) is 6.96. The predicted octanol–water partition coefficient (Wildman–Crippen LogP) is 0.910. The minimum Gasteiger partial charge on any atom is -0.480 e. The van der Waals surface area contributed by atoms with Gasteiger partial charge in [0.1, 0.15) is 6.04 Å². The van der Waals surface area contributed by atoms with Crippen molar-refractivity contribution in [2.45, 2.75) is 19.4 Å². The second kappa shape index (κ2) is 7.35. The normalized spacial score (nSPS) is 11.7. The molecule has 23 heavy (non-hydrogen) atoms. The minimum atomic E-state index is -1.18. The van der Waals surface area contributed by atoms with Gasteiger partial charge in [-0.1, -0.05) is 24.3 Å². The zero-order valence-electron chi connectivity index (χ0n) is 12.5. The number of hydrogen-bond donors (Lipinski definition) is 2. The summed E-state index contributed by atoms with van der Waals surface area (Å²) in [5.41, 5.74) is 1.30. The molecule has 0 saturated heterocycles. The number of carboxylic acids is 1. The summed E-state index contributed by atoms with van der Waals surface area (Å²) in [5, 5.41) is 12.5. The first kappa shape index (κ1) is 16.4. The molecule has 120 valence electrons. The van der Waals surface area contributed by atoms with Gasteiger partial charge in [0.25, 0.3) is 5.91 Å². The lowest BCUT2D eigenvalue weighted by Gasteiger charge is -2.14. The maximum absolute atomic E-state index is 11.6. The lowest BCUT2D eigenvalue weighted by Crippen LogP contribution is -2.44. The molecule has 0 aliphatic heterocycles. The molecule has 0 aliphatic rings. The van der Waals surface area contributed by atoms with Gasteiger partial charge in [0.15, 0.2) is 6.61 Å². The van der Waals surface area contributed by atoms with E-state index in [0.717, 1.165) is 10.9 Å². The van der Waals surface area contributed by atoms with Crippen molar-refractivity contribution in [3.63, 3.8) is 0 Å². The van der Waals surface area contributed by atoms with Gasteiger partial charge in [-0.3, -0.25) is 14.6 Å². The van der Waals surface area contributed by atoms with E-state index in [-0.39, 0.29) is 6.42 Å². The van der Waals surface area contributed by atoms with Crippen LogP contribution in [0, 0.1) is 0 Å². The minimum absolute atomic E-state index is 0.0337. The highest BCUT2D eigenvalue weighted by atomic mass is 16.5. The number of esters is 1. The summed E-state index contributed by atoms with van der Waals surface area (Å²) >= 11 is 0. The number of carbonyl (C=O) groups is 3.